The first-order chi connectivity index (χ1) is 14.9. The van der Waals surface area contributed by atoms with E-state index in [9.17, 15) is 14.0 Å². The molecule has 156 valence electrons. The van der Waals surface area contributed by atoms with Gasteiger partial charge in [-0.25, -0.2) is 9.37 Å². The predicted molar refractivity (Wildman–Crippen MR) is 123 cm³/mol. The van der Waals surface area contributed by atoms with E-state index in [2.05, 4.69) is 10.3 Å². The van der Waals surface area contributed by atoms with Gasteiger partial charge >= 0.3 is 0 Å². The lowest BCUT2D eigenvalue weighted by Crippen LogP contribution is -2.23. The quantitative estimate of drug-likeness (QED) is 0.360. The predicted octanol–water partition coefficient (Wildman–Crippen LogP) is 4.87. The third kappa shape index (κ3) is 4.36. The maximum atomic E-state index is 14.5. The number of carbonyl (C=O) groups excluding carboxylic acids is 1. The van der Waals surface area contributed by atoms with Crippen molar-refractivity contribution in [1.29, 1.82) is 0 Å². The minimum absolute atomic E-state index is 0.0204. The summed E-state index contributed by atoms with van der Waals surface area (Å²) in [5.41, 5.74) is 3.02. The van der Waals surface area contributed by atoms with E-state index in [1.54, 1.807) is 36.4 Å². The average Bonchev–Trinajstić information content (AvgIpc) is 2.75. The molecule has 0 aliphatic heterocycles. The van der Waals surface area contributed by atoms with E-state index in [0.29, 0.717) is 10.9 Å². The summed E-state index contributed by atoms with van der Waals surface area (Å²) >= 11 is 1.09. The van der Waals surface area contributed by atoms with Gasteiger partial charge in [0.15, 0.2) is 5.16 Å². The third-order valence-corrected chi connectivity index (χ3v) is 5.77. The smallest absolute Gasteiger partial charge is 0.266 e. The molecule has 0 saturated carbocycles. The summed E-state index contributed by atoms with van der Waals surface area (Å²) in [5, 5.41) is 3.52. The van der Waals surface area contributed by atoms with Crippen LogP contribution in [0.1, 0.15) is 11.1 Å². The second kappa shape index (κ2) is 8.73. The zero-order valence-electron chi connectivity index (χ0n) is 17.1. The van der Waals surface area contributed by atoms with Crippen LogP contribution in [-0.2, 0) is 4.79 Å². The van der Waals surface area contributed by atoms with Gasteiger partial charge in [0, 0.05) is 5.69 Å². The molecular formula is C24H20FN3O2S. The van der Waals surface area contributed by atoms with E-state index >= 15 is 0 Å². The number of thioether (sulfide) groups is 1. The number of amides is 1. The molecular weight excluding hydrogens is 413 g/mol. The zero-order valence-corrected chi connectivity index (χ0v) is 17.9. The molecule has 0 aliphatic rings. The molecule has 0 unspecified atom stereocenters. The Morgan fingerprint density at radius 1 is 1.06 bits per heavy atom. The lowest BCUT2D eigenvalue weighted by molar-refractivity contribution is -0.113. The number of fused-ring (bicyclic) bond motifs is 1. The highest BCUT2D eigenvalue weighted by molar-refractivity contribution is 7.99. The van der Waals surface area contributed by atoms with Gasteiger partial charge in [0.05, 0.1) is 22.3 Å². The Kier molecular flexibility index (Phi) is 5.86. The SMILES string of the molecule is Cc1ccc(NC(=O)CSc2nc3ccccc3c(=O)n2-c2ccccc2F)c(C)c1. The molecule has 0 saturated heterocycles. The molecule has 4 rings (SSSR count). The minimum atomic E-state index is -0.539. The largest absolute Gasteiger partial charge is 0.325 e. The van der Waals surface area contributed by atoms with Crippen LogP contribution in [0.4, 0.5) is 10.1 Å². The van der Waals surface area contributed by atoms with Crippen molar-refractivity contribution in [2.75, 3.05) is 11.1 Å². The van der Waals surface area contributed by atoms with Gasteiger partial charge in [0.25, 0.3) is 5.56 Å². The molecule has 0 spiro atoms. The highest BCUT2D eigenvalue weighted by atomic mass is 32.2. The van der Waals surface area contributed by atoms with Crippen LogP contribution in [0.25, 0.3) is 16.6 Å². The van der Waals surface area contributed by atoms with Gasteiger partial charge < -0.3 is 5.32 Å². The van der Waals surface area contributed by atoms with Crippen LogP contribution < -0.4 is 10.9 Å². The number of nitrogens with one attached hydrogen (secondary N) is 1. The average molecular weight is 434 g/mol. The fourth-order valence-corrected chi connectivity index (χ4v) is 4.13. The second-order valence-corrected chi connectivity index (χ2v) is 8.10. The zero-order chi connectivity index (χ0) is 22.0. The van der Waals surface area contributed by atoms with E-state index < -0.39 is 5.82 Å². The molecule has 1 heterocycles. The van der Waals surface area contributed by atoms with Crippen molar-refractivity contribution < 1.29 is 9.18 Å². The van der Waals surface area contributed by atoms with Crippen molar-refractivity contribution in [2.45, 2.75) is 19.0 Å². The first-order valence-corrected chi connectivity index (χ1v) is 10.7. The van der Waals surface area contributed by atoms with Crippen molar-refractivity contribution in [1.82, 2.24) is 9.55 Å². The number of carbonyl (C=O) groups is 1. The molecule has 1 aromatic heterocycles. The topological polar surface area (TPSA) is 64.0 Å². The Hall–Kier alpha value is -3.45. The first-order valence-electron chi connectivity index (χ1n) is 9.70. The standard InChI is InChI=1S/C24H20FN3O2S/c1-15-11-12-19(16(2)13-15)26-22(29)14-31-24-27-20-9-5-3-7-17(20)23(30)28(24)21-10-6-4-8-18(21)25/h3-13H,14H2,1-2H3,(H,26,29). The van der Waals surface area contributed by atoms with E-state index in [1.165, 1.54) is 16.7 Å². The molecule has 4 aromatic rings. The normalized spacial score (nSPS) is 10.9. The number of hydrogen-bond donors (Lipinski definition) is 1. The molecule has 3 aromatic carbocycles. The third-order valence-electron chi connectivity index (χ3n) is 4.83. The molecule has 0 fully saturated rings. The molecule has 31 heavy (non-hydrogen) atoms. The highest BCUT2D eigenvalue weighted by Gasteiger charge is 2.17. The number of benzene rings is 3. The maximum absolute atomic E-state index is 14.5. The van der Waals surface area contributed by atoms with Crippen LogP contribution in [0.15, 0.2) is 76.7 Å². The summed E-state index contributed by atoms with van der Waals surface area (Å²) < 4.78 is 15.8. The summed E-state index contributed by atoms with van der Waals surface area (Å²) in [4.78, 5) is 30.3. The van der Waals surface area contributed by atoms with Crippen LogP contribution in [0.2, 0.25) is 0 Å². The number of nitrogens with zero attached hydrogens (tertiary/aromatic N) is 2. The lowest BCUT2D eigenvalue weighted by atomic mass is 10.1. The fraction of sp³-hybridized carbons (Fsp3) is 0.125. The first kappa shape index (κ1) is 20.8. The van der Waals surface area contributed by atoms with Gasteiger partial charge in [-0.2, -0.15) is 0 Å². The number of para-hydroxylation sites is 2. The van der Waals surface area contributed by atoms with Gasteiger partial charge in [0.1, 0.15) is 5.82 Å². The highest BCUT2D eigenvalue weighted by Crippen LogP contribution is 2.23. The second-order valence-electron chi connectivity index (χ2n) is 7.16. The molecule has 0 atom stereocenters. The maximum Gasteiger partial charge on any atom is 0.266 e. The van der Waals surface area contributed by atoms with Crippen LogP contribution in [0.5, 0.6) is 0 Å². The number of anilines is 1. The van der Waals surface area contributed by atoms with E-state index in [1.807, 2.05) is 32.0 Å². The van der Waals surface area contributed by atoms with Crippen LogP contribution in [0.3, 0.4) is 0 Å². The van der Waals surface area contributed by atoms with Gasteiger partial charge in [-0.05, 0) is 49.7 Å². The molecule has 5 nitrogen and oxygen atoms in total. The van der Waals surface area contributed by atoms with Crippen molar-refractivity contribution in [3.05, 3.63) is 94.0 Å². The lowest BCUT2D eigenvalue weighted by Gasteiger charge is -2.14. The van der Waals surface area contributed by atoms with Gasteiger partial charge in [0.2, 0.25) is 5.91 Å². The van der Waals surface area contributed by atoms with Crippen molar-refractivity contribution in [3.63, 3.8) is 0 Å². The minimum Gasteiger partial charge on any atom is -0.325 e. The Morgan fingerprint density at radius 2 is 1.81 bits per heavy atom. The monoisotopic (exact) mass is 433 g/mol. The van der Waals surface area contributed by atoms with E-state index in [-0.39, 0.29) is 28.1 Å². The fourth-order valence-electron chi connectivity index (χ4n) is 3.32. The number of aromatic nitrogens is 2. The van der Waals surface area contributed by atoms with E-state index in [0.717, 1.165) is 28.6 Å². The van der Waals surface area contributed by atoms with Crippen molar-refractivity contribution >= 4 is 34.3 Å². The Labute approximate surface area is 182 Å². The molecule has 1 amide bonds. The van der Waals surface area contributed by atoms with Crippen molar-refractivity contribution in [2.24, 2.45) is 0 Å². The van der Waals surface area contributed by atoms with Crippen LogP contribution in [-0.4, -0.2) is 21.2 Å². The Bertz CT molecular complexity index is 1350. The molecule has 0 bridgehead atoms. The van der Waals surface area contributed by atoms with Crippen molar-refractivity contribution in [3.8, 4) is 5.69 Å². The Balaban J connectivity index is 1.68. The van der Waals surface area contributed by atoms with Crippen LogP contribution in [0, 0.1) is 19.7 Å². The summed E-state index contributed by atoms with van der Waals surface area (Å²) in [5.74, 6) is -0.755. The number of hydrogen-bond acceptors (Lipinski definition) is 4. The summed E-state index contributed by atoms with van der Waals surface area (Å²) in [6, 6.07) is 18.7. The Morgan fingerprint density at radius 3 is 2.58 bits per heavy atom. The summed E-state index contributed by atoms with van der Waals surface area (Å²) in [7, 11) is 0. The summed E-state index contributed by atoms with van der Waals surface area (Å²) in [6.07, 6.45) is 0. The molecule has 0 radical (unpaired) electrons. The molecule has 1 N–H and O–H groups in total. The molecule has 0 aliphatic carbocycles. The summed E-state index contributed by atoms with van der Waals surface area (Å²) in [6.45, 7) is 3.91. The van der Waals surface area contributed by atoms with Crippen LogP contribution >= 0.6 is 11.8 Å². The van der Waals surface area contributed by atoms with Gasteiger partial charge in [-0.1, -0.05) is 53.7 Å². The number of halogens is 1. The van der Waals surface area contributed by atoms with Gasteiger partial charge in [-0.3, -0.25) is 14.2 Å². The number of aryl methyl sites for hydroxylation is 2. The van der Waals surface area contributed by atoms with E-state index in [4.69, 9.17) is 0 Å². The van der Waals surface area contributed by atoms with Gasteiger partial charge in [-0.15, -0.1) is 0 Å². The molecule has 7 heteroatoms. The number of rotatable bonds is 5.